The van der Waals surface area contributed by atoms with Gasteiger partial charge in [0.1, 0.15) is 5.69 Å². The fourth-order valence-electron chi connectivity index (χ4n) is 5.39. The maximum atomic E-state index is 13.3. The van der Waals surface area contributed by atoms with Crippen LogP contribution in [0.5, 0.6) is 0 Å². The number of hydrogen-bond acceptors (Lipinski definition) is 5. The highest BCUT2D eigenvalue weighted by Gasteiger charge is 2.28. The van der Waals surface area contributed by atoms with Crippen LogP contribution in [0.1, 0.15) is 45.3 Å². The molecule has 2 amide bonds. The Labute approximate surface area is 242 Å². The van der Waals surface area contributed by atoms with Crippen LogP contribution in [0.3, 0.4) is 0 Å². The van der Waals surface area contributed by atoms with Crippen LogP contribution in [0.25, 0.3) is 0 Å². The minimum Gasteiger partial charge on any atom is -0.340 e. The van der Waals surface area contributed by atoms with Gasteiger partial charge in [-0.05, 0) is 30.0 Å². The van der Waals surface area contributed by atoms with Crippen LogP contribution < -0.4 is 0 Å². The van der Waals surface area contributed by atoms with Gasteiger partial charge in [0.2, 0.25) is 5.91 Å². The highest BCUT2D eigenvalue weighted by molar-refractivity contribution is 5.92. The normalized spacial score (nSPS) is 13.8. The van der Waals surface area contributed by atoms with Gasteiger partial charge in [0, 0.05) is 51.9 Å². The summed E-state index contributed by atoms with van der Waals surface area (Å²) in [6, 6.07) is 31.3. The number of benzene rings is 3. The predicted molar refractivity (Wildman–Crippen MR) is 160 cm³/mol. The van der Waals surface area contributed by atoms with Crippen LogP contribution in [0, 0.1) is 6.92 Å². The molecule has 1 fully saturated rings. The number of carbonyl (C=O) groups excluding carboxylic acids is 2. The molecule has 0 aliphatic carbocycles. The van der Waals surface area contributed by atoms with Crippen molar-refractivity contribution in [2.45, 2.75) is 25.8 Å². The van der Waals surface area contributed by atoms with Gasteiger partial charge in [0.25, 0.3) is 5.91 Å². The Kier molecular flexibility index (Phi) is 9.49. The molecule has 0 atom stereocenters. The van der Waals surface area contributed by atoms with Crippen molar-refractivity contribution in [1.29, 1.82) is 0 Å². The molecule has 0 radical (unpaired) electrons. The van der Waals surface area contributed by atoms with Crippen molar-refractivity contribution < 1.29 is 9.59 Å². The lowest BCUT2D eigenvalue weighted by molar-refractivity contribution is -0.133. The second-order valence-electron chi connectivity index (χ2n) is 10.5. The molecule has 0 saturated carbocycles. The smallest absolute Gasteiger partial charge is 0.274 e. The lowest BCUT2D eigenvalue weighted by Crippen LogP contribution is -2.50. The molecule has 4 aromatic rings. The molecular formula is C34H37N5O2. The highest BCUT2D eigenvalue weighted by atomic mass is 16.2. The molecule has 0 unspecified atom stereocenters. The zero-order valence-electron chi connectivity index (χ0n) is 23.6. The molecule has 41 heavy (non-hydrogen) atoms. The van der Waals surface area contributed by atoms with E-state index in [1.54, 1.807) is 11.1 Å². The van der Waals surface area contributed by atoms with Crippen molar-refractivity contribution in [2.75, 3.05) is 39.3 Å². The van der Waals surface area contributed by atoms with E-state index in [1.165, 1.54) is 17.3 Å². The van der Waals surface area contributed by atoms with Crippen LogP contribution in [-0.4, -0.2) is 75.8 Å². The van der Waals surface area contributed by atoms with E-state index in [1.807, 2.05) is 42.2 Å². The average molecular weight is 548 g/mol. The number of amides is 2. The summed E-state index contributed by atoms with van der Waals surface area (Å²) in [6.07, 6.45) is 4.11. The third kappa shape index (κ3) is 7.44. The first-order valence-electron chi connectivity index (χ1n) is 14.3. The van der Waals surface area contributed by atoms with Crippen molar-refractivity contribution in [2.24, 2.45) is 0 Å². The minimum absolute atomic E-state index is 0.0770. The van der Waals surface area contributed by atoms with E-state index in [9.17, 15) is 9.59 Å². The van der Waals surface area contributed by atoms with Crippen LogP contribution in [-0.2, 0) is 11.2 Å². The van der Waals surface area contributed by atoms with Gasteiger partial charge in [-0.1, -0.05) is 91.0 Å². The predicted octanol–water partition coefficient (Wildman–Crippen LogP) is 4.79. The number of aryl methyl sites for hydroxylation is 1. The molecule has 3 aromatic carbocycles. The second-order valence-corrected chi connectivity index (χ2v) is 10.5. The van der Waals surface area contributed by atoms with Crippen molar-refractivity contribution >= 4 is 11.8 Å². The van der Waals surface area contributed by atoms with Gasteiger partial charge in [-0.2, -0.15) is 0 Å². The SMILES string of the molecule is Cc1cnc(C(=O)N(CCC(=O)N2CCN(C(c3ccccc3)c3ccccc3)CC2)CCc2ccccc2)cn1. The third-order valence-electron chi connectivity index (χ3n) is 7.66. The largest absolute Gasteiger partial charge is 0.340 e. The van der Waals surface area contributed by atoms with E-state index in [2.05, 4.69) is 75.5 Å². The van der Waals surface area contributed by atoms with Crippen molar-refractivity contribution in [3.63, 3.8) is 0 Å². The van der Waals surface area contributed by atoms with Gasteiger partial charge in [0.15, 0.2) is 0 Å². The fourth-order valence-corrected chi connectivity index (χ4v) is 5.39. The Balaban J connectivity index is 1.21. The highest BCUT2D eigenvalue weighted by Crippen LogP contribution is 2.29. The molecule has 2 heterocycles. The molecule has 0 spiro atoms. The lowest BCUT2D eigenvalue weighted by atomic mass is 9.96. The monoisotopic (exact) mass is 547 g/mol. The lowest BCUT2D eigenvalue weighted by Gasteiger charge is -2.40. The van der Waals surface area contributed by atoms with Crippen molar-refractivity contribution in [3.8, 4) is 0 Å². The Hall–Kier alpha value is -4.36. The molecule has 7 nitrogen and oxygen atoms in total. The van der Waals surface area contributed by atoms with Gasteiger partial charge in [-0.25, -0.2) is 4.98 Å². The van der Waals surface area contributed by atoms with E-state index in [0.717, 1.165) is 24.3 Å². The topological polar surface area (TPSA) is 69.6 Å². The zero-order valence-corrected chi connectivity index (χ0v) is 23.6. The molecule has 1 saturated heterocycles. The molecule has 7 heteroatoms. The molecular weight excluding hydrogens is 510 g/mol. The summed E-state index contributed by atoms with van der Waals surface area (Å²) < 4.78 is 0. The fraction of sp³-hybridized carbons (Fsp3) is 0.294. The minimum atomic E-state index is -0.195. The van der Waals surface area contributed by atoms with E-state index >= 15 is 0 Å². The standard InChI is InChI=1S/C34H37N5O2/c1-27-25-36-31(26-35-27)34(41)39(19-17-28-11-5-2-6-12-28)20-18-32(40)37-21-23-38(24-22-37)33(29-13-7-3-8-14-29)30-15-9-4-10-16-30/h2-16,25-26,33H,17-24H2,1H3. The number of nitrogens with zero attached hydrogens (tertiary/aromatic N) is 5. The molecule has 5 rings (SSSR count). The molecule has 1 aromatic heterocycles. The number of carbonyl (C=O) groups is 2. The van der Waals surface area contributed by atoms with Crippen molar-refractivity contribution in [1.82, 2.24) is 24.7 Å². The number of piperazine rings is 1. The summed E-state index contributed by atoms with van der Waals surface area (Å²) in [6.45, 7) is 5.60. The van der Waals surface area contributed by atoms with Crippen LogP contribution >= 0.6 is 0 Å². The van der Waals surface area contributed by atoms with E-state index in [-0.39, 0.29) is 24.3 Å². The van der Waals surface area contributed by atoms with Crippen LogP contribution in [0.15, 0.2) is 103 Å². The first-order valence-corrected chi connectivity index (χ1v) is 14.3. The van der Waals surface area contributed by atoms with Crippen LogP contribution in [0.2, 0.25) is 0 Å². The summed E-state index contributed by atoms with van der Waals surface area (Å²) in [5.41, 5.74) is 4.72. The number of aromatic nitrogens is 2. The molecule has 210 valence electrons. The molecule has 1 aliphatic rings. The number of rotatable bonds is 10. The summed E-state index contributed by atoms with van der Waals surface area (Å²) in [7, 11) is 0. The summed E-state index contributed by atoms with van der Waals surface area (Å²) in [5.74, 6) is -0.118. The quantitative estimate of drug-likeness (QED) is 0.286. The van der Waals surface area contributed by atoms with E-state index in [0.29, 0.717) is 38.3 Å². The summed E-state index contributed by atoms with van der Waals surface area (Å²) >= 11 is 0. The zero-order chi connectivity index (χ0) is 28.4. The summed E-state index contributed by atoms with van der Waals surface area (Å²) in [4.78, 5) is 41.4. The van der Waals surface area contributed by atoms with Crippen molar-refractivity contribution in [3.05, 3.63) is 131 Å². The van der Waals surface area contributed by atoms with Gasteiger partial charge < -0.3 is 9.80 Å². The van der Waals surface area contributed by atoms with E-state index in [4.69, 9.17) is 0 Å². The van der Waals surface area contributed by atoms with Gasteiger partial charge in [-0.3, -0.25) is 19.5 Å². The molecule has 1 aliphatic heterocycles. The Morgan fingerprint density at radius 1 is 0.756 bits per heavy atom. The maximum absolute atomic E-state index is 13.3. The van der Waals surface area contributed by atoms with Gasteiger partial charge >= 0.3 is 0 Å². The van der Waals surface area contributed by atoms with Gasteiger partial charge in [-0.15, -0.1) is 0 Å². The number of hydrogen-bond donors (Lipinski definition) is 0. The maximum Gasteiger partial charge on any atom is 0.274 e. The summed E-state index contributed by atoms with van der Waals surface area (Å²) in [5, 5.41) is 0. The second kappa shape index (κ2) is 13.8. The van der Waals surface area contributed by atoms with Gasteiger partial charge in [0.05, 0.1) is 17.9 Å². The van der Waals surface area contributed by atoms with E-state index < -0.39 is 0 Å². The third-order valence-corrected chi connectivity index (χ3v) is 7.66. The Bertz CT molecular complexity index is 1350. The Morgan fingerprint density at radius 2 is 1.34 bits per heavy atom. The first-order chi connectivity index (χ1) is 20.1. The molecule has 0 bridgehead atoms. The molecule has 0 N–H and O–H groups in total. The first kappa shape index (κ1) is 28.2. The average Bonchev–Trinajstić information content (AvgIpc) is 3.03. The Morgan fingerprint density at radius 3 is 1.90 bits per heavy atom. The van der Waals surface area contributed by atoms with Crippen LogP contribution in [0.4, 0.5) is 0 Å².